The van der Waals surface area contributed by atoms with Gasteiger partial charge in [-0.25, -0.2) is 0 Å². The lowest BCUT2D eigenvalue weighted by Crippen LogP contribution is -2.30. The topological polar surface area (TPSA) is 78.9 Å². The number of allylic oxidation sites excluding steroid dienone is 6. The van der Waals surface area contributed by atoms with Crippen LogP contribution >= 0.6 is 0 Å². The van der Waals surface area contributed by atoms with Crippen LogP contribution < -0.4 is 0 Å². The third-order valence-electron chi connectivity index (χ3n) is 15.6. The molecule has 452 valence electrons. The van der Waals surface area contributed by atoms with E-state index in [1.807, 2.05) is 0 Å². The van der Waals surface area contributed by atoms with Gasteiger partial charge in [-0.15, -0.1) is 0 Å². The lowest BCUT2D eigenvalue weighted by Gasteiger charge is -2.18. The van der Waals surface area contributed by atoms with Gasteiger partial charge in [0.15, 0.2) is 6.10 Å². The Morgan fingerprint density at radius 3 is 0.727 bits per heavy atom. The van der Waals surface area contributed by atoms with E-state index in [-0.39, 0.29) is 31.1 Å². The number of hydrogen-bond acceptors (Lipinski definition) is 6. The van der Waals surface area contributed by atoms with Gasteiger partial charge in [-0.1, -0.05) is 320 Å². The molecule has 0 amide bonds. The maximum Gasteiger partial charge on any atom is 0.306 e. The Morgan fingerprint density at radius 1 is 0.260 bits per heavy atom. The third kappa shape index (κ3) is 64.3. The molecule has 0 saturated carbocycles. The summed E-state index contributed by atoms with van der Waals surface area (Å²) in [7, 11) is 0. The van der Waals surface area contributed by atoms with Crippen LogP contribution in [0, 0.1) is 0 Å². The van der Waals surface area contributed by atoms with Crippen molar-refractivity contribution >= 4 is 17.9 Å². The zero-order chi connectivity index (χ0) is 55.7. The molecular weight excluding hydrogens is 949 g/mol. The molecule has 0 aromatic carbocycles. The Kier molecular flexibility index (Phi) is 64.1. The van der Waals surface area contributed by atoms with E-state index in [2.05, 4.69) is 57.2 Å². The predicted molar refractivity (Wildman–Crippen MR) is 335 cm³/mol. The molecule has 0 heterocycles. The highest BCUT2D eigenvalue weighted by Crippen LogP contribution is 2.18. The quantitative estimate of drug-likeness (QED) is 0.0261. The van der Waals surface area contributed by atoms with Crippen LogP contribution in [0.5, 0.6) is 0 Å². The van der Waals surface area contributed by atoms with Gasteiger partial charge in [-0.2, -0.15) is 0 Å². The molecule has 0 rings (SSSR count). The Hall–Kier alpha value is -2.37. The van der Waals surface area contributed by atoms with Crippen molar-refractivity contribution in [1.82, 2.24) is 0 Å². The molecule has 0 bridgehead atoms. The van der Waals surface area contributed by atoms with Crippen molar-refractivity contribution in [2.75, 3.05) is 13.2 Å². The predicted octanol–water partition coefficient (Wildman–Crippen LogP) is 23.6. The zero-order valence-electron chi connectivity index (χ0n) is 52.0. The van der Waals surface area contributed by atoms with Crippen LogP contribution in [0.3, 0.4) is 0 Å². The molecule has 0 N–H and O–H groups in total. The number of ether oxygens (including phenoxy) is 3. The minimum atomic E-state index is -0.769. The minimum Gasteiger partial charge on any atom is -0.462 e. The first-order chi connectivity index (χ1) is 38.0. The van der Waals surface area contributed by atoms with Gasteiger partial charge < -0.3 is 14.2 Å². The normalized spacial score (nSPS) is 12.2. The molecule has 6 nitrogen and oxygen atoms in total. The smallest absolute Gasteiger partial charge is 0.306 e. The van der Waals surface area contributed by atoms with Crippen molar-refractivity contribution in [3.05, 3.63) is 36.5 Å². The number of carbonyl (C=O) groups excluding carboxylic acids is 3. The van der Waals surface area contributed by atoms with Gasteiger partial charge >= 0.3 is 17.9 Å². The number of carbonyl (C=O) groups is 3. The summed E-state index contributed by atoms with van der Waals surface area (Å²) in [4.78, 5) is 38.3. The Labute approximate surface area is 480 Å². The van der Waals surface area contributed by atoms with E-state index in [0.29, 0.717) is 19.3 Å². The standard InChI is InChI=1S/C71H132O6/c1-4-7-10-13-16-19-21-23-25-27-29-31-33-35-37-39-41-43-45-47-49-52-55-58-61-64-70(73)76-67-68(66-75-69(72)63-60-57-54-51-18-15-12-9-6-3)77-71(74)65-62-59-56-53-50-48-46-44-42-40-38-36-34-32-30-28-26-24-22-20-17-14-11-8-5-2/h21,23,27-30,68H,4-20,22,24-26,31-67H2,1-3H3/b23-21-,29-27-,30-28-. The van der Waals surface area contributed by atoms with Crippen molar-refractivity contribution in [3.63, 3.8) is 0 Å². The number of unbranched alkanes of at least 4 members (excludes halogenated alkanes) is 47. The molecule has 77 heavy (non-hydrogen) atoms. The molecule has 1 unspecified atom stereocenters. The van der Waals surface area contributed by atoms with Crippen LogP contribution in [-0.2, 0) is 28.6 Å². The van der Waals surface area contributed by atoms with Gasteiger partial charge in [0, 0.05) is 19.3 Å². The molecule has 0 fully saturated rings. The molecule has 0 radical (unpaired) electrons. The summed E-state index contributed by atoms with van der Waals surface area (Å²) >= 11 is 0. The van der Waals surface area contributed by atoms with Crippen LogP contribution in [0.25, 0.3) is 0 Å². The van der Waals surface area contributed by atoms with Gasteiger partial charge in [0.25, 0.3) is 0 Å². The van der Waals surface area contributed by atoms with Crippen molar-refractivity contribution < 1.29 is 28.6 Å². The molecule has 6 heteroatoms. The molecular formula is C71H132O6. The fourth-order valence-electron chi connectivity index (χ4n) is 10.4. The second-order valence-corrected chi connectivity index (χ2v) is 23.4. The van der Waals surface area contributed by atoms with E-state index in [1.165, 1.54) is 276 Å². The summed E-state index contributed by atoms with van der Waals surface area (Å²) in [5.41, 5.74) is 0. The molecule has 0 aliphatic heterocycles. The van der Waals surface area contributed by atoms with E-state index < -0.39 is 6.10 Å². The van der Waals surface area contributed by atoms with E-state index in [9.17, 15) is 14.4 Å². The number of hydrogen-bond donors (Lipinski definition) is 0. The Morgan fingerprint density at radius 2 is 0.468 bits per heavy atom. The summed E-state index contributed by atoms with van der Waals surface area (Å²) in [5, 5.41) is 0. The van der Waals surface area contributed by atoms with E-state index in [4.69, 9.17) is 14.2 Å². The Balaban J connectivity index is 4.13. The van der Waals surface area contributed by atoms with Crippen molar-refractivity contribution in [1.29, 1.82) is 0 Å². The van der Waals surface area contributed by atoms with Gasteiger partial charge in [0.05, 0.1) is 0 Å². The van der Waals surface area contributed by atoms with Gasteiger partial charge in [0.1, 0.15) is 13.2 Å². The van der Waals surface area contributed by atoms with E-state index in [0.717, 1.165) is 64.2 Å². The summed E-state index contributed by atoms with van der Waals surface area (Å²) in [6.07, 6.45) is 81.8. The van der Waals surface area contributed by atoms with Crippen LogP contribution in [0.15, 0.2) is 36.5 Å². The summed E-state index contributed by atoms with van der Waals surface area (Å²) in [6.45, 7) is 6.67. The number of esters is 3. The average Bonchev–Trinajstić information content (AvgIpc) is 3.43. The molecule has 1 atom stereocenters. The number of rotatable bonds is 64. The van der Waals surface area contributed by atoms with Crippen molar-refractivity contribution in [3.8, 4) is 0 Å². The van der Waals surface area contributed by atoms with E-state index in [1.54, 1.807) is 0 Å². The maximum absolute atomic E-state index is 12.9. The van der Waals surface area contributed by atoms with Crippen molar-refractivity contribution in [2.24, 2.45) is 0 Å². The Bertz CT molecular complexity index is 1290. The summed E-state index contributed by atoms with van der Waals surface area (Å²) in [6, 6.07) is 0. The van der Waals surface area contributed by atoms with Crippen LogP contribution in [0.4, 0.5) is 0 Å². The summed E-state index contributed by atoms with van der Waals surface area (Å²) in [5.74, 6) is -0.846. The van der Waals surface area contributed by atoms with Crippen LogP contribution in [0.2, 0.25) is 0 Å². The van der Waals surface area contributed by atoms with Crippen molar-refractivity contribution in [2.45, 2.75) is 386 Å². The zero-order valence-corrected chi connectivity index (χ0v) is 52.0. The second-order valence-electron chi connectivity index (χ2n) is 23.4. The molecule has 0 spiro atoms. The first-order valence-corrected chi connectivity index (χ1v) is 34.5. The molecule has 0 aromatic rings. The highest BCUT2D eigenvalue weighted by atomic mass is 16.6. The van der Waals surface area contributed by atoms with Gasteiger partial charge in [-0.05, 0) is 77.0 Å². The average molecular weight is 1080 g/mol. The molecule has 0 aliphatic rings. The minimum absolute atomic E-state index is 0.0675. The maximum atomic E-state index is 12.9. The molecule has 0 aromatic heterocycles. The van der Waals surface area contributed by atoms with E-state index >= 15 is 0 Å². The van der Waals surface area contributed by atoms with Gasteiger partial charge in [0.2, 0.25) is 0 Å². The molecule has 0 saturated heterocycles. The SMILES string of the molecule is CCCCCCC/C=C\C/C=C\CCCCCCCCCCCCCCCC(=O)OCC(COC(=O)CCCCCCCCCCC)OC(=O)CCCCCCCCCCCCCCC/C=C\CCCCCCCCCC. The fraction of sp³-hybridized carbons (Fsp3) is 0.873. The second kappa shape index (κ2) is 66.1. The largest absolute Gasteiger partial charge is 0.462 e. The molecule has 0 aliphatic carbocycles. The fourth-order valence-corrected chi connectivity index (χ4v) is 10.4. The highest BCUT2D eigenvalue weighted by molar-refractivity contribution is 5.71. The first-order valence-electron chi connectivity index (χ1n) is 34.5. The van der Waals surface area contributed by atoms with Crippen LogP contribution in [-0.4, -0.2) is 37.2 Å². The lowest BCUT2D eigenvalue weighted by molar-refractivity contribution is -0.167. The monoisotopic (exact) mass is 1080 g/mol. The third-order valence-corrected chi connectivity index (χ3v) is 15.6. The summed E-state index contributed by atoms with van der Waals surface area (Å²) < 4.78 is 16.9. The lowest BCUT2D eigenvalue weighted by atomic mass is 10.0. The first kappa shape index (κ1) is 74.6. The highest BCUT2D eigenvalue weighted by Gasteiger charge is 2.19. The van der Waals surface area contributed by atoms with Gasteiger partial charge in [-0.3, -0.25) is 14.4 Å². The van der Waals surface area contributed by atoms with Crippen LogP contribution in [0.1, 0.15) is 380 Å².